The lowest BCUT2D eigenvalue weighted by Gasteiger charge is -2.29. The highest BCUT2D eigenvalue weighted by Gasteiger charge is 2.42. The van der Waals surface area contributed by atoms with Gasteiger partial charge in [0.2, 0.25) is 5.91 Å². The first-order valence-electron chi connectivity index (χ1n) is 5.40. The summed E-state index contributed by atoms with van der Waals surface area (Å²) >= 11 is 0. The molecule has 16 heavy (non-hydrogen) atoms. The van der Waals surface area contributed by atoms with Gasteiger partial charge in [-0.05, 0) is 25.7 Å². The molecule has 6 heteroatoms. The molecule has 0 aromatic rings. The van der Waals surface area contributed by atoms with Crippen LogP contribution in [-0.4, -0.2) is 30.3 Å². The zero-order chi connectivity index (χ0) is 12.2. The van der Waals surface area contributed by atoms with E-state index < -0.39 is 12.1 Å². The number of halogens is 3. The smallest absolute Gasteiger partial charge is 0.391 e. The number of rotatable bonds is 3. The molecular weight excluding hydrogens is 223 g/mol. The van der Waals surface area contributed by atoms with Crippen molar-refractivity contribution in [1.29, 1.82) is 0 Å². The molecule has 0 heterocycles. The van der Waals surface area contributed by atoms with E-state index in [1.807, 2.05) is 0 Å². The average molecular weight is 239 g/mol. The molecule has 0 spiro atoms. The normalized spacial score (nSPS) is 26.5. The lowest BCUT2D eigenvalue weighted by molar-refractivity contribution is -0.184. The Bertz CT molecular complexity index is 235. The summed E-state index contributed by atoms with van der Waals surface area (Å²) in [6.07, 6.45) is -3.52. The Hall–Kier alpha value is -0.780. The van der Waals surface area contributed by atoms with E-state index in [4.69, 9.17) is 5.11 Å². The number of carbonyl (C=O) groups is 1. The molecule has 1 fully saturated rings. The van der Waals surface area contributed by atoms with E-state index in [0.29, 0.717) is 0 Å². The molecule has 1 amide bonds. The highest BCUT2D eigenvalue weighted by molar-refractivity contribution is 5.78. The SMILES string of the molecule is O=C(NCCO)C1CCC(C(F)(F)F)CC1. The lowest BCUT2D eigenvalue weighted by Crippen LogP contribution is -2.37. The van der Waals surface area contributed by atoms with Crippen LogP contribution < -0.4 is 5.32 Å². The van der Waals surface area contributed by atoms with Crippen LogP contribution in [0.4, 0.5) is 13.2 Å². The number of hydrogen-bond donors (Lipinski definition) is 2. The molecule has 0 aromatic heterocycles. The van der Waals surface area contributed by atoms with Crippen molar-refractivity contribution in [2.24, 2.45) is 11.8 Å². The summed E-state index contributed by atoms with van der Waals surface area (Å²) in [7, 11) is 0. The number of carbonyl (C=O) groups excluding carboxylic acids is 1. The first kappa shape index (κ1) is 13.3. The van der Waals surface area contributed by atoms with Crippen LogP contribution in [-0.2, 0) is 4.79 Å². The van der Waals surface area contributed by atoms with E-state index >= 15 is 0 Å². The molecule has 1 aliphatic carbocycles. The second-order valence-corrected chi connectivity index (χ2v) is 4.10. The van der Waals surface area contributed by atoms with Crippen molar-refractivity contribution in [1.82, 2.24) is 5.32 Å². The van der Waals surface area contributed by atoms with Gasteiger partial charge in [-0.1, -0.05) is 0 Å². The minimum atomic E-state index is -4.13. The van der Waals surface area contributed by atoms with Gasteiger partial charge in [0.1, 0.15) is 0 Å². The van der Waals surface area contributed by atoms with Crippen molar-refractivity contribution in [2.75, 3.05) is 13.2 Å². The Morgan fingerprint density at radius 1 is 1.25 bits per heavy atom. The number of alkyl halides is 3. The van der Waals surface area contributed by atoms with Crippen LogP contribution in [0.25, 0.3) is 0 Å². The topological polar surface area (TPSA) is 49.3 Å². The minimum Gasteiger partial charge on any atom is -0.395 e. The quantitative estimate of drug-likeness (QED) is 0.783. The zero-order valence-electron chi connectivity index (χ0n) is 8.89. The predicted molar refractivity (Wildman–Crippen MR) is 51.6 cm³/mol. The summed E-state index contributed by atoms with van der Waals surface area (Å²) in [6, 6.07) is 0. The zero-order valence-corrected chi connectivity index (χ0v) is 8.89. The van der Waals surface area contributed by atoms with Crippen molar-refractivity contribution in [3.8, 4) is 0 Å². The van der Waals surface area contributed by atoms with Crippen LogP contribution >= 0.6 is 0 Å². The number of amides is 1. The maximum absolute atomic E-state index is 12.3. The molecule has 1 aliphatic rings. The van der Waals surface area contributed by atoms with Crippen molar-refractivity contribution in [3.63, 3.8) is 0 Å². The highest BCUT2D eigenvalue weighted by atomic mass is 19.4. The van der Waals surface area contributed by atoms with Crippen LogP contribution in [0.1, 0.15) is 25.7 Å². The van der Waals surface area contributed by atoms with Gasteiger partial charge in [-0.15, -0.1) is 0 Å². The molecular formula is C10H16F3NO2. The summed E-state index contributed by atoms with van der Waals surface area (Å²) in [6.45, 7) is 0.0155. The van der Waals surface area contributed by atoms with E-state index in [1.54, 1.807) is 0 Å². The minimum absolute atomic E-state index is 0.0285. The molecule has 94 valence electrons. The molecule has 1 saturated carbocycles. The highest BCUT2D eigenvalue weighted by Crippen LogP contribution is 2.39. The van der Waals surface area contributed by atoms with Crippen LogP contribution in [0.15, 0.2) is 0 Å². The molecule has 0 aliphatic heterocycles. The number of aliphatic hydroxyl groups excluding tert-OH is 1. The summed E-state index contributed by atoms with van der Waals surface area (Å²) in [5.41, 5.74) is 0. The third kappa shape index (κ3) is 3.66. The van der Waals surface area contributed by atoms with Gasteiger partial charge < -0.3 is 10.4 Å². The largest absolute Gasteiger partial charge is 0.395 e. The average Bonchev–Trinajstić information content (AvgIpc) is 2.25. The molecule has 0 bridgehead atoms. The van der Waals surface area contributed by atoms with Gasteiger partial charge in [0, 0.05) is 12.5 Å². The standard InChI is InChI=1S/C10H16F3NO2/c11-10(12,13)8-3-1-7(2-4-8)9(16)14-5-6-15/h7-8,15H,1-6H2,(H,14,16). The Kier molecular flexibility index (Phi) is 4.58. The molecule has 1 rings (SSSR count). The van der Waals surface area contributed by atoms with E-state index in [-0.39, 0.29) is 50.7 Å². The molecule has 0 atom stereocenters. The summed E-state index contributed by atoms with van der Waals surface area (Å²) in [5, 5.41) is 11.0. The van der Waals surface area contributed by atoms with Crippen molar-refractivity contribution < 1.29 is 23.1 Å². The second kappa shape index (κ2) is 5.52. The number of hydrogen-bond acceptors (Lipinski definition) is 2. The van der Waals surface area contributed by atoms with Gasteiger partial charge in [0.25, 0.3) is 0 Å². The summed E-state index contributed by atoms with van der Waals surface area (Å²) in [4.78, 5) is 11.4. The Balaban J connectivity index is 2.34. The molecule has 3 nitrogen and oxygen atoms in total. The van der Waals surface area contributed by atoms with Crippen molar-refractivity contribution >= 4 is 5.91 Å². The number of nitrogens with one attached hydrogen (secondary N) is 1. The van der Waals surface area contributed by atoms with Crippen LogP contribution in [0.2, 0.25) is 0 Å². The van der Waals surface area contributed by atoms with Crippen molar-refractivity contribution in [2.45, 2.75) is 31.9 Å². The van der Waals surface area contributed by atoms with Crippen molar-refractivity contribution in [3.05, 3.63) is 0 Å². The molecule has 0 unspecified atom stereocenters. The Labute approximate surface area is 92.0 Å². The van der Waals surface area contributed by atoms with Gasteiger partial charge in [-0.3, -0.25) is 4.79 Å². The van der Waals surface area contributed by atoms with Gasteiger partial charge >= 0.3 is 6.18 Å². The third-order valence-corrected chi connectivity index (χ3v) is 2.97. The summed E-state index contributed by atoms with van der Waals surface area (Å²) in [5.74, 6) is -1.82. The fraction of sp³-hybridized carbons (Fsp3) is 0.900. The number of aliphatic hydroxyl groups is 1. The molecule has 0 radical (unpaired) electrons. The monoisotopic (exact) mass is 239 g/mol. The maximum atomic E-state index is 12.3. The lowest BCUT2D eigenvalue weighted by atomic mass is 9.81. The molecule has 0 saturated heterocycles. The van der Waals surface area contributed by atoms with Crippen LogP contribution in [0.3, 0.4) is 0 Å². The van der Waals surface area contributed by atoms with Gasteiger partial charge in [-0.2, -0.15) is 13.2 Å². The van der Waals surface area contributed by atoms with E-state index in [9.17, 15) is 18.0 Å². The molecule has 2 N–H and O–H groups in total. The van der Waals surface area contributed by atoms with Gasteiger partial charge in [0.05, 0.1) is 12.5 Å². The van der Waals surface area contributed by atoms with E-state index in [1.165, 1.54) is 0 Å². The Morgan fingerprint density at radius 3 is 2.25 bits per heavy atom. The molecule has 0 aromatic carbocycles. The first-order valence-corrected chi connectivity index (χ1v) is 5.40. The fourth-order valence-electron chi connectivity index (χ4n) is 2.01. The van der Waals surface area contributed by atoms with E-state index in [0.717, 1.165) is 0 Å². The van der Waals surface area contributed by atoms with Gasteiger partial charge in [0.15, 0.2) is 0 Å². The maximum Gasteiger partial charge on any atom is 0.391 e. The third-order valence-electron chi connectivity index (χ3n) is 2.97. The van der Waals surface area contributed by atoms with E-state index in [2.05, 4.69) is 5.32 Å². The fourth-order valence-corrected chi connectivity index (χ4v) is 2.01. The van der Waals surface area contributed by atoms with Crippen LogP contribution in [0.5, 0.6) is 0 Å². The first-order chi connectivity index (χ1) is 7.45. The Morgan fingerprint density at radius 2 is 1.81 bits per heavy atom. The van der Waals surface area contributed by atoms with Gasteiger partial charge in [-0.25, -0.2) is 0 Å². The predicted octanol–water partition coefficient (Wildman–Crippen LogP) is 1.46. The second-order valence-electron chi connectivity index (χ2n) is 4.10. The van der Waals surface area contributed by atoms with Crippen LogP contribution in [0, 0.1) is 11.8 Å². The summed E-state index contributed by atoms with van der Waals surface area (Å²) < 4.78 is 37.0.